The number of benzene rings is 1. The van der Waals surface area contributed by atoms with Gasteiger partial charge in [-0.1, -0.05) is 45.6 Å². The Morgan fingerprint density at radius 2 is 1.96 bits per heavy atom. The molecule has 28 heavy (non-hydrogen) atoms. The van der Waals surface area contributed by atoms with Crippen LogP contribution >= 0.6 is 0 Å². The second-order valence-electron chi connectivity index (χ2n) is 8.66. The third-order valence-corrected chi connectivity index (χ3v) is 6.53. The molecule has 0 saturated heterocycles. The van der Waals surface area contributed by atoms with Crippen molar-refractivity contribution in [2.45, 2.75) is 40.4 Å². The van der Waals surface area contributed by atoms with Gasteiger partial charge < -0.3 is 9.72 Å². The number of nitrogens with zero attached hydrogens (tertiary/aromatic N) is 2. The summed E-state index contributed by atoms with van der Waals surface area (Å²) < 4.78 is 5.87. The minimum atomic E-state index is -1.76. The monoisotopic (exact) mass is 397 g/mol. The summed E-state index contributed by atoms with van der Waals surface area (Å²) in [4.78, 5) is 19.2. The smallest absolute Gasteiger partial charge is 0.272 e. The number of aromatic amines is 1. The number of fused-ring (bicyclic) bond motifs is 1. The first-order valence-corrected chi connectivity index (χ1v) is 13.0. The number of aromatic nitrogens is 2. The van der Waals surface area contributed by atoms with Crippen LogP contribution < -0.4 is 10.1 Å². The summed E-state index contributed by atoms with van der Waals surface area (Å²) in [6, 6.07) is 7.43. The standard InChI is InChI=1S/C21H27N3O3Si/c1-13(2)12-27-16-10-17-19(15-8-7-14(3)18(9-15)24(25)26)21(28(4,5)6)23-20(17)22-11-16/h7-11,13H,12H2,1-6H3,(H,22,23). The van der Waals surface area contributed by atoms with Gasteiger partial charge in [0.25, 0.3) is 5.69 Å². The average molecular weight is 398 g/mol. The highest BCUT2D eigenvalue weighted by molar-refractivity contribution is 6.89. The van der Waals surface area contributed by atoms with Crippen molar-refractivity contribution in [3.05, 3.63) is 46.1 Å². The summed E-state index contributed by atoms with van der Waals surface area (Å²) in [5.41, 5.74) is 3.41. The lowest BCUT2D eigenvalue weighted by Gasteiger charge is -2.17. The highest BCUT2D eigenvalue weighted by atomic mass is 28.3. The lowest BCUT2D eigenvalue weighted by molar-refractivity contribution is -0.385. The molecule has 2 aromatic heterocycles. The molecule has 148 valence electrons. The van der Waals surface area contributed by atoms with Crippen LogP contribution in [0.3, 0.4) is 0 Å². The fourth-order valence-corrected chi connectivity index (χ4v) is 4.74. The number of H-pyrrole nitrogens is 1. The maximum Gasteiger partial charge on any atom is 0.272 e. The van der Waals surface area contributed by atoms with Crippen LogP contribution in [0.4, 0.5) is 5.69 Å². The maximum absolute atomic E-state index is 11.5. The zero-order chi connectivity index (χ0) is 20.6. The van der Waals surface area contributed by atoms with E-state index in [4.69, 9.17) is 4.74 Å². The number of nitro benzene ring substituents is 1. The quantitative estimate of drug-likeness (QED) is 0.359. The Kier molecular flexibility index (Phi) is 5.30. The van der Waals surface area contributed by atoms with Gasteiger partial charge in [0.2, 0.25) is 0 Å². The maximum atomic E-state index is 11.5. The molecular weight excluding hydrogens is 370 g/mol. The minimum Gasteiger partial charge on any atom is -0.492 e. The van der Waals surface area contributed by atoms with Gasteiger partial charge in [0, 0.05) is 27.9 Å². The Labute approximate surface area is 166 Å². The zero-order valence-corrected chi connectivity index (χ0v) is 18.3. The molecule has 1 aromatic carbocycles. The van der Waals surface area contributed by atoms with Crippen molar-refractivity contribution in [3.63, 3.8) is 0 Å². The van der Waals surface area contributed by atoms with Crippen molar-refractivity contribution in [1.82, 2.24) is 9.97 Å². The summed E-state index contributed by atoms with van der Waals surface area (Å²) in [6.45, 7) is 13.3. The fourth-order valence-electron chi connectivity index (χ4n) is 3.22. The van der Waals surface area contributed by atoms with Crippen molar-refractivity contribution in [2.75, 3.05) is 6.61 Å². The van der Waals surface area contributed by atoms with Gasteiger partial charge in [0.1, 0.15) is 11.4 Å². The summed E-state index contributed by atoms with van der Waals surface area (Å²) in [7, 11) is -1.76. The molecule has 1 N–H and O–H groups in total. The number of ether oxygens (including phenoxy) is 1. The zero-order valence-electron chi connectivity index (χ0n) is 17.3. The van der Waals surface area contributed by atoms with Gasteiger partial charge >= 0.3 is 0 Å². The van der Waals surface area contributed by atoms with E-state index in [-0.39, 0.29) is 10.6 Å². The molecule has 2 heterocycles. The first kappa shape index (κ1) is 20.1. The number of nitro groups is 1. The Hall–Kier alpha value is -2.67. The number of rotatable bonds is 6. The van der Waals surface area contributed by atoms with Crippen LogP contribution in [0, 0.1) is 23.0 Å². The summed E-state index contributed by atoms with van der Waals surface area (Å²) in [5, 5.41) is 13.5. The number of aryl methyl sites for hydroxylation is 1. The van der Waals surface area contributed by atoms with Crippen LogP contribution in [0.5, 0.6) is 5.75 Å². The van der Waals surface area contributed by atoms with E-state index in [9.17, 15) is 10.1 Å². The van der Waals surface area contributed by atoms with Crippen molar-refractivity contribution in [3.8, 4) is 16.9 Å². The third kappa shape index (κ3) is 3.94. The first-order valence-electron chi connectivity index (χ1n) is 9.48. The molecule has 0 saturated carbocycles. The van der Waals surface area contributed by atoms with Gasteiger partial charge in [-0.15, -0.1) is 0 Å². The van der Waals surface area contributed by atoms with E-state index in [1.54, 1.807) is 19.2 Å². The third-order valence-electron chi connectivity index (χ3n) is 4.65. The molecule has 0 aliphatic carbocycles. The lowest BCUT2D eigenvalue weighted by Crippen LogP contribution is -2.39. The molecule has 7 heteroatoms. The number of nitrogens with one attached hydrogen (secondary N) is 1. The highest BCUT2D eigenvalue weighted by Gasteiger charge is 2.27. The van der Waals surface area contributed by atoms with E-state index in [0.717, 1.165) is 27.5 Å². The molecule has 0 bridgehead atoms. The molecular formula is C21H27N3O3Si. The van der Waals surface area contributed by atoms with Gasteiger partial charge in [0.05, 0.1) is 25.8 Å². The lowest BCUT2D eigenvalue weighted by atomic mass is 10.0. The molecule has 0 radical (unpaired) electrons. The van der Waals surface area contributed by atoms with Crippen LogP contribution in [0.25, 0.3) is 22.2 Å². The predicted octanol–water partition coefficient (Wildman–Crippen LogP) is 5.03. The largest absolute Gasteiger partial charge is 0.492 e. The topological polar surface area (TPSA) is 81.0 Å². The minimum absolute atomic E-state index is 0.133. The van der Waals surface area contributed by atoms with Crippen LogP contribution in [0.2, 0.25) is 19.6 Å². The molecule has 0 amide bonds. The van der Waals surface area contributed by atoms with Crippen LogP contribution in [0.1, 0.15) is 19.4 Å². The van der Waals surface area contributed by atoms with Crippen LogP contribution in [0.15, 0.2) is 30.5 Å². The molecule has 0 fully saturated rings. The first-order chi connectivity index (χ1) is 13.1. The van der Waals surface area contributed by atoms with Gasteiger partial charge in [-0.2, -0.15) is 0 Å². The molecule has 0 atom stereocenters. The number of pyridine rings is 1. The fraction of sp³-hybridized carbons (Fsp3) is 0.381. The molecule has 3 aromatic rings. The predicted molar refractivity (Wildman–Crippen MR) is 116 cm³/mol. The molecule has 0 aliphatic heterocycles. The highest BCUT2D eigenvalue weighted by Crippen LogP contribution is 2.33. The van der Waals surface area contributed by atoms with Crippen molar-refractivity contribution >= 4 is 30.1 Å². The van der Waals surface area contributed by atoms with Gasteiger partial charge in [0.15, 0.2) is 0 Å². The van der Waals surface area contributed by atoms with E-state index >= 15 is 0 Å². The number of hydrogen-bond donors (Lipinski definition) is 1. The van der Waals surface area contributed by atoms with E-state index in [2.05, 4.69) is 43.5 Å². The molecule has 0 spiro atoms. The summed E-state index contributed by atoms with van der Waals surface area (Å²) in [5.74, 6) is 1.13. The normalized spacial score (nSPS) is 12.0. The van der Waals surface area contributed by atoms with Crippen molar-refractivity contribution in [1.29, 1.82) is 0 Å². The van der Waals surface area contributed by atoms with Crippen molar-refractivity contribution in [2.24, 2.45) is 5.92 Å². The number of hydrogen-bond acceptors (Lipinski definition) is 4. The van der Waals surface area contributed by atoms with E-state index < -0.39 is 8.07 Å². The Morgan fingerprint density at radius 3 is 2.57 bits per heavy atom. The van der Waals surface area contributed by atoms with Crippen LogP contribution in [-0.4, -0.2) is 29.6 Å². The van der Waals surface area contributed by atoms with Crippen molar-refractivity contribution < 1.29 is 9.66 Å². The Bertz CT molecular complexity index is 1040. The Morgan fingerprint density at radius 1 is 1.25 bits per heavy atom. The van der Waals surface area contributed by atoms with E-state index in [1.807, 2.05) is 18.2 Å². The average Bonchev–Trinajstić information content (AvgIpc) is 2.99. The molecule has 3 rings (SSSR count). The second kappa shape index (κ2) is 7.39. The van der Waals surface area contributed by atoms with Crippen LogP contribution in [-0.2, 0) is 0 Å². The Balaban J connectivity index is 2.24. The molecule has 0 aliphatic rings. The van der Waals surface area contributed by atoms with Gasteiger partial charge in [-0.25, -0.2) is 4.98 Å². The van der Waals surface area contributed by atoms with E-state index in [0.29, 0.717) is 23.8 Å². The summed E-state index contributed by atoms with van der Waals surface area (Å²) in [6.07, 6.45) is 1.73. The van der Waals surface area contributed by atoms with Gasteiger partial charge in [-0.3, -0.25) is 10.1 Å². The SMILES string of the molecule is Cc1ccc(-c2c([Si](C)(C)C)[nH]c3ncc(OCC(C)C)cc23)cc1[N+](=O)[O-]. The van der Waals surface area contributed by atoms with E-state index in [1.165, 1.54) is 0 Å². The molecule has 0 unspecified atom stereocenters. The second-order valence-corrected chi connectivity index (χ2v) is 13.7. The van der Waals surface area contributed by atoms with Gasteiger partial charge in [-0.05, 0) is 24.5 Å². The summed E-state index contributed by atoms with van der Waals surface area (Å²) >= 11 is 0. The molecule has 6 nitrogen and oxygen atoms in total.